The van der Waals surface area contributed by atoms with Gasteiger partial charge in [0.25, 0.3) is 5.69 Å². The van der Waals surface area contributed by atoms with Gasteiger partial charge in [-0.25, -0.2) is 4.98 Å². The number of nitro benzene ring substituents is 1. The molecule has 0 radical (unpaired) electrons. The second-order valence-corrected chi connectivity index (χ2v) is 5.79. The number of non-ortho nitro benzene ring substituents is 1. The number of fused-ring (bicyclic) bond motifs is 1. The van der Waals surface area contributed by atoms with Crippen LogP contribution < -0.4 is 4.74 Å². The second-order valence-electron chi connectivity index (χ2n) is 5.79. The maximum absolute atomic E-state index is 11.2. The third-order valence-electron chi connectivity index (χ3n) is 4.32. The molecule has 0 amide bonds. The maximum Gasteiger partial charge on any atom is 0.277 e. The molecule has 0 N–H and O–H groups in total. The lowest BCUT2D eigenvalue weighted by molar-refractivity contribution is -0.383. The average molecular weight is 301 g/mol. The van der Waals surface area contributed by atoms with Gasteiger partial charge in [-0.1, -0.05) is 6.07 Å². The van der Waals surface area contributed by atoms with E-state index in [1.54, 1.807) is 12.3 Å². The molecule has 0 bridgehead atoms. The molecule has 22 heavy (non-hydrogen) atoms. The number of aryl methyl sites for hydroxylation is 1. The number of pyridine rings is 1. The summed E-state index contributed by atoms with van der Waals surface area (Å²) in [5.41, 5.74) is 0.882. The second kappa shape index (κ2) is 5.88. The molecule has 0 saturated carbocycles. The Kier molecular flexibility index (Phi) is 3.94. The van der Waals surface area contributed by atoms with E-state index in [9.17, 15) is 10.1 Å². The van der Waals surface area contributed by atoms with Crippen LogP contribution in [0.5, 0.6) is 5.88 Å². The number of likely N-dealkylation sites (tertiary alicyclic amines) is 1. The molecule has 1 aromatic carbocycles. The minimum absolute atomic E-state index is 0.0974. The molecular weight excluding hydrogens is 282 g/mol. The zero-order valence-corrected chi connectivity index (χ0v) is 12.8. The highest BCUT2D eigenvalue weighted by Crippen LogP contribution is 2.33. The summed E-state index contributed by atoms with van der Waals surface area (Å²) < 4.78 is 5.89. The van der Waals surface area contributed by atoms with Crippen LogP contribution in [-0.2, 0) is 0 Å². The predicted molar refractivity (Wildman–Crippen MR) is 84.3 cm³/mol. The van der Waals surface area contributed by atoms with Crippen molar-refractivity contribution in [2.45, 2.75) is 25.8 Å². The van der Waals surface area contributed by atoms with Crippen molar-refractivity contribution in [3.8, 4) is 5.88 Å². The van der Waals surface area contributed by atoms with Crippen LogP contribution in [0, 0.1) is 17.0 Å². The topological polar surface area (TPSA) is 68.5 Å². The normalized spacial score (nSPS) is 18.7. The van der Waals surface area contributed by atoms with Crippen molar-refractivity contribution in [3.05, 3.63) is 40.1 Å². The largest absolute Gasteiger partial charge is 0.476 e. The fraction of sp³-hybridized carbons (Fsp3) is 0.438. The highest BCUT2D eigenvalue weighted by molar-refractivity contribution is 5.96. The maximum atomic E-state index is 11.2. The summed E-state index contributed by atoms with van der Waals surface area (Å²) in [4.78, 5) is 17.5. The molecule has 1 fully saturated rings. The van der Waals surface area contributed by atoms with Gasteiger partial charge in [0.2, 0.25) is 5.88 Å². The molecule has 3 rings (SSSR count). The van der Waals surface area contributed by atoms with E-state index >= 15 is 0 Å². The summed E-state index contributed by atoms with van der Waals surface area (Å²) in [6.45, 7) is 3.47. The van der Waals surface area contributed by atoms with E-state index in [-0.39, 0.29) is 10.6 Å². The number of likely N-dealkylation sites (N-methyl/N-ethyl adjacent to an activating group) is 1. The van der Waals surface area contributed by atoms with Crippen molar-refractivity contribution in [2.75, 3.05) is 20.2 Å². The number of nitrogens with zero attached hydrogens (tertiary/aromatic N) is 3. The fourth-order valence-corrected chi connectivity index (χ4v) is 3.05. The van der Waals surface area contributed by atoms with Gasteiger partial charge < -0.3 is 9.64 Å². The van der Waals surface area contributed by atoms with E-state index in [0.717, 1.165) is 18.5 Å². The van der Waals surface area contributed by atoms with Crippen molar-refractivity contribution >= 4 is 16.5 Å². The molecule has 1 atom stereocenters. The van der Waals surface area contributed by atoms with Gasteiger partial charge in [0.15, 0.2) is 0 Å². The van der Waals surface area contributed by atoms with Gasteiger partial charge >= 0.3 is 0 Å². The number of benzene rings is 1. The summed E-state index contributed by atoms with van der Waals surface area (Å²) in [6.07, 6.45) is 3.93. The van der Waals surface area contributed by atoms with Gasteiger partial charge in [-0.15, -0.1) is 0 Å². The Labute approximate surface area is 128 Å². The molecule has 6 nitrogen and oxygen atoms in total. The highest BCUT2D eigenvalue weighted by atomic mass is 16.6. The van der Waals surface area contributed by atoms with Crippen LogP contribution in [0.4, 0.5) is 5.69 Å². The third-order valence-corrected chi connectivity index (χ3v) is 4.32. The van der Waals surface area contributed by atoms with Crippen LogP contribution in [0.25, 0.3) is 10.8 Å². The zero-order chi connectivity index (χ0) is 15.7. The zero-order valence-electron chi connectivity index (χ0n) is 12.8. The smallest absolute Gasteiger partial charge is 0.277 e. The molecule has 1 unspecified atom stereocenters. The Morgan fingerprint density at radius 1 is 1.50 bits per heavy atom. The Morgan fingerprint density at radius 2 is 2.32 bits per heavy atom. The monoisotopic (exact) mass is 301 g/mol. The van der Waals surface area contributed by atoms with Crippen LogP contribution in [0.2, 0.25) is 0 Å². The molecule has 1 aliphatic heterocycles. The molecule has 1 aliphatic rings. The quantitative estimate of drug-likeness (QED) is 0.641. The SMILES string of the molecule is Cc1cnc(OCC2CCCN2C)c2cccc([N+](=O)[O-])c12. The summed E-state index contributed by atoms with van der Waals surface area (Å²) in [5, 5.41) is 12.5. The molecule has 0 aliphatic carbocycles. The average Bonchev–Trinajstić information content (AvgIpc) is 2.91. The number of ether oxygens (including phenoxy) is 1. The molecule has 2 aromatic rings. The Morgan fingerprint density at radius 3 is 3.00 bits per heavy atom. The first-order valence-corrected chi connectivity index (χ1v) is 7.43. The summed E-state index contributed by atoms with van der Waals surface area (Å²) in [6, 6.07) is 5.41. The van der Waals surface area contributed by atoms with Crippen LogP contribution in [0.1, 0.15) is 18.4 Å². The van der Waals surface area contributed by atoms with Crippen molar-refractivity contribution < 1.29 is 9.66 Å². The van der Waals surface area contributed by atoms with Gasteiger partial charge in [-0.3, -0.25) is 10.1 Å². The van der Waals surface area contributed by atoms with Crippen molar-refractivity contribution in [2.24, 2.45) is 0 Å². The lowest BCUT2D eigenvalue weighted by Gasteiger charge is -2.19. The molecule has 116 valence electrons. The van der Waals surface area contributed by atoms with Crippen molar-refractivity contribution in [3.63, 3.8) is 0 Å². The van der Waals surface area contributed by atoms with E-state index in [0.29, 0.717) is 29.3 Å². The lowest BCUT2D eigenvalue weighted by atomic mass is 10.1. The van der Waals surface area contributed by atoms with Crippen LogP contribution >= 0.6 is 0 Å². The molecule has 0 spiro atoms. The molecular formula is C16H19N3O3. The van der Waals surface area contributed by atoms with E-state index in [2.05, 4.69) is 16.9 Å². The standard InChI is InChI=1S/C16H19N3O3/c1-11-9-17-16(22-10-12-5-4-8-18(12)2)13-6-3-7-14(15(11)13)19(20)21/h3,6-7,9,12H,4-5,8,10H2,1-2H3. The molecule has 6 heteroatoms. The Bertz CT molecular complexity index is 717. The highest BCUT2D eigenvalue weighted by Gasteiger charge is 2.23. The number of nitro groups is 1. The van der Waals surface area contributed by atoms with Crippen molar-refractivity contribution in [1.82, 2.24) is 9.88 Å². The number of aromatic nitrogens is 1. The van der Waals surface area contributed by atoms with Gasteiger partial charge in [-0.05, 0) is 45.0 Å². The van der Waals surface area contributed by atoms with E-state index in [4.69, 9.17) is 4.74 Å². The Hall–Kier alpha value is -2.21. The molecule has 1 aromatic heterocycles. The third kappa shape index (κ3) is 2.62. The van der Waals surface area contributed by atoms with Crippen molar-refractivity contribution in [1.29, 1.82) is 0 Å². The van der Waals surface area contributed by atoms with Crippen LogP contribution in [-0.4, -0.2) is 41.0 Å². The predicted octanol–water partition coefficient (Wildman–Crippen LogP) is 2.92. The van der Waals surface area contributed by atoms with Gasteiger partial charge in [0.1, 0.15) is 6.61 Å². The van der Waals surface area contributed by atoms with E-state index < -0.39 is 0 Å². The van der Waals surface area contributed by atoms with Crippen LogP contribution in [0.15, 0.2) is 24.4 Å². The number of hydrogen-bond acceptors (Lipinski definition) is 5. The van der Waals surface area contributed by atoms with Gasteiger partial charge in [0.05, 0.1) is 15.7 Å². The first-order valence-electron chi connectivity index (χ1n) is 7.43. The van der Waals surface area contributed by atoms with Gasteiger partial charge in [-0.2, -0.15) is 0 Å². The lowest BCUT2D eigenvalue weighted by Crippen LogP contribution is -2.30. The minimum atomic E-state index is -0.357. The first-order chi connectivity index (χ1) is 10.6. The number of hydrogen-bond donors (Lipinski definition) is 0. The summed E-state index contributed by atoms with van der Waals surface area (Å²) >= 11 is 0. The summed E-state index contributed by atoms with van der Waals surface area (Å²) in [5.74, 6) is 0.476. The molecule has 1 saturated heterocycles. The van der Waals surface area contributed by atoms with E-state index in [1.165, 1.54) is 12.5 Å². The molecule has 2 heterocycles. The Balaban J connectivity index is 1.95. The van der Waals surface area contributed by atoms with Gasteiger partial charge in [0, 0.05) is 18.3 Å². The van der Waals surface area contributed by atoms with Crippen LogP contribution in [0.3, 0.4) is 0 Å². The first kappa shape index (κ1) is 14.7. The summed E-state index contributed by atoms with van der Waals surface area (Å²) in [7, 11) is 2.09. The number of rotatable bonds is 4. The minimum Gasteiger partial charge on any atom is -0.476 e. The fourth-order valence-electron chi connectivity index (χ4n) is 3.05. The van der Waals surface area contributed by atoms with E-state index in [1.807, 2.05) is 13.0 Å².